The summed E-state index contributed by atoms with van der Waals surface area (Å²) in [5.74, 6) is 0.149. The molecule has 0 aliphatic heterocycles. The van der Waals surface area contributed by atoms with Crippen LogP contribution in [0.25, 0.3) is 0 Å². The standard InChI is InChI=1S/C23H24N2O4/c1-14(2)20-21(27)24-23(28)25(13-19(26)17-8-6-5-7-9-17)22(20)29-18-11-15(3)10-16(4)12-18/h5-12,14H,13H2,1-4H3,(H,24,27,28). The van der Waals surface area contributed by atoms with E-state index in [9.17, 15) is 14.4 Å². The molecule has 0 amide bonds. The van der Waals surface area contributed by atoms with E-state index < -0.39 is 11.2 Å². The maximum absolute atomic E-state index is 12.7. The SMILES string of the molecule is Cc1cc(C)cc(Oc2c(C(C)C)c(=O)[nH]c(=O)n2CC(=O)c2ccccc2)c1. The van der Waals surface area contributed by atoms with E-state index in [1.165, 1.54) is 4.57 Å². The van der Waals surface area contributed by atoms with Crippen LogP contribution in [-0.4, -0.2) is 15.3 Å². The van der Waals surface area contributed by atoms with Crippen molar-refractivity contribution in [3.8, 4) is 11.6 Å². The van der Waals surface area contributed by atoms with E-state index in [1.54, 1.807) is 24.3 Å². The molecular formula is C23H24N2O4. The lowest BCUT2D eigenvalue weighted by molar-refractivity contribution is 0.0966. The lowest BCUT2D eigenvalue weighted by Gasteiger charge is -2.18. The molecule has 6 nitrogen and oxygen atoms in total. The Kier molecular flexibility index (Phi) is 5.82. The number of nitrogens with zero attached hydrogens (tertiary/aromatic N) is 1. The predicted octanol–water partition coefficient (Wildman–Crippen LogP) is 3.95. The van der Waals surface area contributed by atoms with Gasteiger partial charge in [0.15, 0.2) is 5.78 Å². The Morgan fingerprint density at radius 1 is 1.03 bits per heavy atom. The van der Waals surface area contributed by atoms with Gasteiger partial charge in [0.2, 0.25) is 5.88 Å². The number of H-pyrrole nitrogens is 1. The Morgan fingerprint density at radius 3 is 2.24 bits per heavy atom. The number of rotatable bonds is 6. The molecular weight excluding hydrogens is 368 g/mol. The summed E-state index contributed by atoms with van der Waals surface area (Å²) < 4.78 is 7.25. The van der Waals surface area contributed by atoms with E-state index in [1.807, 2.05) is 52.0 Å². The Morgan fingerprint density at radius 2 is 1.66 bits per heavy atom. The van der Waals surface area contributed by atoms with Crippen molar-refractivity contribution in [2.45, 2.75) is 40.2 Å². The second-order valence-corrected chi connectivity index (χ2v) is 7.43. The number of nitrogens with one attached hydrogen (secondary N) is 1. The molecule has 0 atom stereocenters. The average molecular weight is 392 g/mol. The van der Waals surface area contributed by atoms with Gasteiger partial charge in [0.1, 0.15) is 5.75 Å². The Balaban J connectivity index is 2.14. The van der Waals surface area contributed by atoms with E-state index in [4.69, 9.17) is 4.74 Å². The zero-order valence-electron chi connectivity index (χ0n) is 17.0. The first-order valence-electron chi connectivity index (χ1n) is 9.47. The molecule has 2 aromatic carbocycles. The van der Waals surface area contributed by atoms with Crippen LogP contribution in [-0.2, 0) is 6.54 Å². The number of ketones is 1. The number of aromatic nitrogens is 2. The van der Waals surface area contributed by atoms with E-state index in [-0.39, 0.29) is 24.1 Å². The Hall–Kier alpha value is -3.41. The fourth-order valence-electron chi connectivity index (χ4n) is 3.29. The fourth-order valence-corrected chi connectivity index (χ4v) is 3.29. The van der Waals surface area contributed by atoms with Gasteiger partial charge < -0.3 is 4.74 Å². The highest BCUT2D eigenvalue weighted by molar-refractivity contribution is 5.95. The smallest absolute Gasteiger partial charge is 0.331 e. The minimum absolute atomic E-state index is 0.100. The van der Waals surface area contributed by atoms with Crippen molar-refractivity contribution in [2.75, 3.05) is 0 Å². The number of hydrogen-bond acceptors (Lipinski definition) is 4. The summed E-state index contributed by atoms with van der Waals surface area (Å²) in [6, 6.07) is 14.4. The van der Waals surface area contributed by atoms with Crippen LogP contribution in [0.2, 0.25) is 0 Å². The lowest BCUT2D eigenvalue weighted by Crippen LogP contribution is -2.35. The highest BCUT2D eigenvalue weighted by atomic mass is 16.5. The molecule has 29 heavy (non-hydrogen) atoms. The molecule has 0 aliphatic rings. The summed E-state index contributed by atoms with van der Waals surface area (Å²) in [4.78, 5) is 40.2. The van der Waals surface area contributed by atoms with Crippen LogP contribution in [0, 0.1) is 13.8 Å². The molecule has 0 saturated carbocycles. The van der Waals surface area contributed by atoms with E-state index in [2.05, 4.69) is 4.98 Å². The number of carbonyl (C=O) groups excluding carboxylic acids is 1. The lowest BCUT2D eigenvalue weighted by atomic mass is 10.1. The minimum atomic E-state index is -0.678. The number of benzene rings is 2. The second-order valence-electron chi connectivity index (χ2n) is 7.43. The van der Waals surface area contributed by atoms with Crippen molar-refractivity contribution < 1.29 is 9.53 Å². The quantitative estimate of drug-likeness (QED) is 0.644. The number of aromatic amines is 1. The van der Waals surface area contributed by atoms with Gasteiger partial charge in [-0.05, 0) is 43.0 Å². The zero-order chi connectivity index (χ0) is 21.1. The van der Waals surface area contributed by atoms with Crippen LogP contribution in [0.4, 0.5) is 0 Å². The Bertz CT molecular complexity index is 1140. The van der Waals surface area contributed by atoms with Crippen LogP contribution in [0.1, 0.15) is 46.8 Å². The van der Waals surface area contributed by atoms with Gasteiger partial charge in [-0.15, -0.1) is 0 Å². The van der Waals surface area contributed by atoms with E-state index in [0.29, 0.717) is 16.9 Å². The van der Waals surface area contributed by atoms with Crippen LogP contribution in [0.15, 0.2) is 58.1 Å². The third-order valence-electron chi connectivity index (χ3n) is 4.57. The highest BCUT2D eigenvalue weighted by Gasteiger charge is 2.22. The molecule has 0 unspecified atom stereocenters. The van der Waals surface area contributed by atoms with Crippen molar-refractivity contribution in [3.05, 3.63) is 91.6 Å². The molecule has 6 heteroatoms. The molecule has 1 heterocycles. The summed E-state index contributed by atoms with van der Waals surface area (Å²) >= 11 is 0. The van der Waals surface area contributed by atoms with Crippen molar-refractivity contribution in [3.63, 3.8) is 0 Å². The predicted molar refractivity (Wildman–Crippen MR) is 112 cm³/mol. The fraction of sp³-hybridized carbons (Fsp3) is 0.261. The van der Waals surface area contributed by atoms with Gasteiger partial charge in [-0.2, -0.15) is 0 Å². The van der Waals surface area contributed by atoms with Gasteiger partial charge in [-0.1, -0.05) is 50.2 Å². The third kappa shape index (κ3) is 4.54. The average Bonchev–Trinajstić information content (AvgIpc) is 2.64. The van der Waals surface area contributed by atoms with E-state index >= 15 is 0 Å². The number of carbonyl (C=O) groups is 1. The topological polar surface area (TPSA) is 81.2 Å². The zero-order valence-corrected chi connectivity index (χ0v) is 17.0. The number of Topliss-reactive ketones (excluding diaryl/α,β-unsaturated/α-hetero) is 1. The van der Waals surface area contributed by atoms with Gasteiger partial charge in [0.05, 0.1) is 12.1 Å². The highest BCUT2D eigenvalue weighted by Crippen LogP contribution is 2.28. The van der Waals surface area contributed by atoms with Gasteiger partial charge >= 0.3 is 5.69 Å². The second kappa shape index (κ2) is 8.31. The Labute approximate surface area is 168 Å². The summed E-state index contributed by atoms with van der Waals surface area (Å²) in [7, 11) is 0. The molecule has 1 N–H and O–H groups in total. The molecule has 0 bridgehead atoms. The molecule has 0 spiro atoms. The number of aryl methyl sites for hydroxylation is 2. The molecule has 3 aromatic rings. The number of hydrogen-bond donors (Lipinski definition) is 1. The van der Waals surface area contributed by atoms with Crippen molar-refractivity contribution in [2.24, 2.45) is 0 Å². The van der Waals surface area contributed by atoms with Crippen LogP contribution >= 0.6 is 0 Å². The van der Waals surface area contributed by atoms with Gasteiger partial charge in [-0.25, -0.2) is 4.79 Å². The molecule has 150 valence electrons. The van der Waals surface area contributed by atoms with Crippen molar-refractivity contribution >= 4 is 5.78 Å². The minimum Gasteiger partial charge on any atom is -0.440 e. The van der Waals surface area contributed by atoms with E-state index in [0.717, 1.165) is 11.1 Å². The molecule has 0 radical (unpaired) electrons. The summed E-state index contributed by atoms with van der Waals surface area (Å²) in [5, 5.41) is 0. The van der Waals surface area contributed by atoms with Crippen LogP contribution < -0.4 is 16.0 Å². The monoisotopic (exact) mass is 392 g/mol. The normalized spacial score (nSPS) is 10.9. The first-order valence-corrected chi connectivity index (χ1v) is 9.47. The van der Waals surface area contributed by atoms with Crippen molar-refractivity contribution in [1.29, 1.82) is 0 Å². The van der Waals surface area contributed by atoms with Gasteiger partial charge in [0, 0.05) is 5.56 Å². The maximum Gasteiger partial charge on any atom is 0.331 e. The summed E-state index contributed by atoms with van der Waals surface area (Å²) in [6.07, 6.45) is 0. The first kappa shape index (κ1) is 20.3. The summed E-state index contributed by atoms with van der Waals surface area (Å²) in [6.45, 7) is 7.32. The summed E-state index contributed by atoms with van der Waals surface area (Å²) in [5.41, 5.74) is 1.60. The number of ether oxygens (including phenoxy) is 1. The largest absolute Gasteiger partial charge is 0.440 e. The molecule has 0 aliphatic carbocycles. The van der Waals surface area contributed by atoms with Gasteiger partial charge in [-0.3, -0.25) is 19.1 Å². The molecule has 0 fully saturated rings. The molecule has 3 rings (SSSR count). The molecule has 1 aromatic heterocycles. The maximum atomic E-state index is 12.7. The third-order valence-corrected chi connectivity index (χ3v) is 4.57. The molecule has 0 saturated heterocycles. The van der Waals surface area contributed by atoms with Crippen LogP contribution in [0.3, 0.4) is 0 Å². The van der Waals surface area contributed by atoms with Crippen molar-refractivity contribution in [1.82, 2.24) is 9.55 Å². The van der Waals surface area contributed by atoms with Gasteiger partial charge in [0.25, 0.3) is 5.56 Å². The van der Waals surface area contributed by atoms with Crippen LogP contribution in [0.5, 0.6) is 11.6 Å². The first-order chi connectivity index (χ1) is 13.8.